The quantitative estimate of drug-likeness (QED) is 0.723. The van der Waals surface area contributed by atoms with Crippen molar-refractivity contribution in [2.75, 3.05) is 20.8 Å². The van der Waals surface area contributed by atoms with E-state index in [4.69, 9.17) is 14.0 Å². The van der Waals surface area contributed by atoms with Crippen LogP contribution in [-0.2, 0) is 11.3 Å². The molecule has 1 aromatic carbocycles. The lowest BCUT2D eigenvalue weighted by Gasteiger charge is -2.17. The fraction of sp³-hybridized carbons (Fsp3) is 0.353. The molecule has 0 fully saturated rings. The Morgan fingerprint density at radius 2 is 2.00 bits per heavy atom. The molecule has 128 valence electrons. The molecule has 0 saturated carbocycles. The van der Waals surface area contributed by atoms with Crippen LogP contribution in [0.15, 0.2) is 28.8 Å². The van der Waals surface area contributed by atoms with Crippen molar-refractivity contribution in [1.29, 1.82) is 0 Å². The van der Waals surface area contributed by atoms with E-state index in [1.165, 1.54) is 18.9 Å². The predicted octanol–water partition coefficient (Wildman–Crippen LogP) is 2.23. The van der Waals surface area contributed by atoms with E-state index in [1.807, 2.05) is 0 Å². The number of hydrogen-bond donors (Lipinski definition) is 0. The van der Waals surface area contributed by atoms with E-state index < -0.39 is 0 Å². The van der Waals surface area contributed by atoms with E-state index >= 15 is 0 Å². The number of hydrogen-bond acceptors (Lipinski definition) is 6. The van der Waals surface area contributed by atoms with Crippen molar-refractivity contribution >= 4 is 11.7 Å². The van der Waals surface area contributed by atoms with Gasteiger partial charge >= 0.3 is 0 Å². The Morgan fingerprint density at radius 3 is 2.58 bits per heavy atom. The number of aryl methyl sites for hydroxylation is 1. The van der Waals surface area contributed by atoms with Gasteiger partial charge in [0, 0.05) is 18.7 Å². The summed E-state index contributed by atoms with van der Waals surface area (Å²) >= 11 is 0. The number of amides is 1. The monoisotopic (exact) mass is 332 g/mol. The fourth-order valence-corrected chi connectivity index (χ4v) is 2.08. The zero-order valence-electron chi connectivity index (χ0n) is 14.2. The number of aromatic nitrogens is 1. The minimum absolute atomic E-state index is 0.0708. The Balaban J connectivity index is 1.96. The van der Waals surface area contributed by atoms with Crippen molar-refractivity contribution < 1.29 is 23.6 Å². The van der Waals surface area contributed by atoms with Crippen LogP contribution in [0.5, 0.6) is 11.5 Å². The first kappa shape index (κ1) is 17.5. The average molecular weight is 332 g/mol. The van der Waals surface area contributed by atoms with Gasteiger partial charge in [0.05, 0.1) is 13.7 Å². The van der Waals surface area contributed by atoms with Gasteiger partial charge in [0.25, 0.3) is 5.91 Å². The third-order valence-corrected chi connectivity index (χ3v) is 3.42. The number of ketones is 1. The summed E-state index contributed by atoms with van der Waals surface area (Å²) in [5.74, 6) is 1.22. The SMILES string of the molecule is COc1cc(C(C)=O)ccc1OCC(=O)N(C)Cc1cc(C)on1. The first-order chi connectivity index (χ1) is 11.4. The second-order valence-electron chi connectivity index (χ2n) is 5.39. The maximum atomic E-state index is 12.1. The van der Waals surface area contributed by atoms with Crippen LogP contribution in [0.1, 0.15) is 28.7 Å². The summed E-state index contributed by atoms with van der Waals surface area (Å²) < 4.78 is 15.7. The first-order valence-corrected chi connectivity index (χ1v) is 7.38. The molecule has 2 aromatic rings. The first-order valence-electron chi connectivity index (χ1n) is 7.38. The van der Waals surface area contributed by atoms with Gasteiger partial charge in [0.2, 0.25) is 0 Å². The molecule has 1 aromatic heterocycles. The fourth-order valence-electron chi connectivity index (χ4n) is 2.08. The van der Waals surface area contributed by atoms with Crippen LogP contribution in [0.25, 0.3) is 0 Å². The summed E-state index contributed by atoms with van der Waals surface area (Å²) in [4.78, 5) is 25.0. The molecule has 7 nitrogen and oxygen atoms in total. The topological polar surface area (TPSA) is 81.9 Å². The molecule has 0 unspecified atom stereocenters. The number of Topliss-reactive ketones (excluding diaryl/α,β-unsaturated/α-hetero) is 1. The van der Waals surface area contributed by atoms with Crippen molar-refractivity contribution in [2.24, 2.45) is 0 Å². The van der Waals surface area contributed by atoms with Gasteiger partial charge in [-0.25, -0.2) is 0 Å². The Labute approximate surface area is 140 Å². The van der Waals surface area contributed by atoms with Crippen molar-refractivity contribution in [2.45, 2.75) is 20.4 Å². The molecule has 0 aliphatic rings. The highest BCUT2D eigenvalue weighted by molar-refractivity contribution is 5.94. The second-order valence-corrected chi connectivity index (χ2v) is 5.39. The Morgan fingerprint density at radius 1 is 1.25 bits per heavy atom. The van der Waals surface area contributed by atoms with Crippen LogP contribution >= 0.6 is 0 Å². The lowest BCUT2D eigenvalue weighted by Crippen LogP contribution is -2.31. The molecule has 0 aliphatic carbocycles. The van der Waals surface area contributed by atoms with Crippen molar-refractivity contribution in [1.82, 2.24) is 10.1 Å². The van der Waals surface area contributed by atoms with E-state index in [0.29, 0.717) is 35.1 Å². The zero-order chi connectivity index (χ0) is 17.7. The molecule has 0 N–H and O–H groups in total. The molecule has 1 heterocycles. The van der Waals surface area contributed by atoms with Crippen LogP contribution in [0.2, 0.25) is 0 Å². The number of benzene rings is 1. The number of carbonyl (C=O) groups excluding carboxylic acids is 2. The molecule has 2 rings (SSSR count). The lowest BCUT2D eigenvalue weighted by atomic mass is 10.1. The summed E-state index contributed by atoms with van der Waals surface area (Å²) in [6, 6.07) is 6.61. The van der Waals surface area contributed by atoms with Crippen LogP contribution in [0.4, 0.5) is 0 Å². The van der Waals surface area contributed by atoms with Gasteiger partial charge in [0.15, 0.2) is 23.9 Å². The van der Waals surface area contributed by atoms with Crippen molar-refractivity contribution in [3.05, 3.63) is 41.3 Å². The molecule has 7 heteroatoms. The zero-order valence-corrected chi connectivity index (χ0v) is 14.2. The Kier molecular flexibility index (Phi) is 5.57. The third-order valence-electron chi connectivity index (χ3n) is 3.42. The molecule has 24 heavy (non-hydrogen) atoms. The third kappa shape index (κ3) is 4.34. The van der Waals surface area contributed by atoms with Crippen LogP contribution in [0.3, 0.4) is 0 Å². The summed E-state index contributed by atoms with van der Waals surface area (Å²) in [6.07, 6.45) is 0. The average Bonchev–Trinajstić information content (AvgIpc) is 2.97. The minimum atomic E-state index is -0.214. The molecule has 0 bridgehead atoms. The highest BCUT2D eigenvalue weighted by Crippen LogP contribution is 2.28. The number of methoxy groups -OCH3 is 1. The Hall–Kier alpha value is -2.83. The van der Waals surface area contributed by atoms with E-state index in [9.17, 15) is 9.59 Å². The van der Waals surface area contributed by atoms with Gasteiger partial charge < -0.3 is 18.9 Å². The number of nitrogens with zero attached hydrogens (tertiary/aromatic N) is 2. The van der Waals surface area contributed by atoms with Gasteiger partial charge in [-0.15, -0.1) is 0 Å². The van der Waals surface area contributed by atoms with E-state index in [-0.39, 0.29) is 18.3 Å². The number of rotatable bonds is 7. The number of carbonyl (C=O) groups is 2. The second kappa shape index (κ2) is 7.63. The summed E-state index contributed by atoms with van der Waals surface area (Å²) in [7, 11) is 3.14. The highest BCUT2D eigenvalue weighted by Gasteiger charge is 2.14. The van der Waals surface area contributed by atoms with Crippen molar-refractivity contribution in [3.8, 4) is 11.5 Å². The predicted molar refractivity (Wildman–Crippen MR) is 86.2 cm³/mol. The lowest BCUT2D eigenvalue weighted by molar-refractivity contribution is -0.132. The van der Waals surface area contributed by atoms with E-state index in [0.717, 1.165) is 0 Å². The molecule has 0 atom stereocenters. The minimum Gasteiger partial charge on any atom is -0.493 e. The van der Waals surface area contributed by atoms with Gasteiger partial charge in [0.1, 0.15) is 11.5 Å². The van der Waals surface area contributed by atoms with Crippen LogP contribution in [0, 0.1) is 6.92 Å². The largest absolute Gasteiger partial charge is 0.493 e. The van der Waals surface area contributed by atoms with Crippen molar-refractivity contribution in [3.63, 3.8) is 0 Å². The van der Waals surface area contributed by atoms with E-state index in [1.54, 1.807) is 38.2 Å². The van der Waals surface area contributed by atoms with Crippen LogP contribution in [-0.4, -0.2) is 42.5 Å². The molecule has 0 spiro atoms. The normalized spacial score (nSPS) is 10.3. The summed E-state index contributed by atoms with van der Waals surface area (Å²) in [5, 5.41) is 3.85. The van der Waals surface area contributed by atoms with E-state index in [2.05, 4.69) is 5.16 Å². The molecular formula is C17H20N2O5. The molecular weight excluding hydrogens is 312 g/mol. The molecule has 0 radical (unpaired) electrons. The molecule has 0 aliphatic heterocycles. The van der Waals surface area contributed by atoms with Gasteiger partial charge in [-0.1, -0.05) is 5.16 Å². The smallest absolute Gasteiger partial charge is 0.260 e. The molecule has 0 saturated heterocycles. The van der Waals surface area contributed by atoms with Gasteiger partial charge in [-0.2, -0.15) is 0 Å². The maximum Gasteiger partial charge on any atom is 0.260 e. The number of likely N-dealkylation sites (N-methyl/N-ethyl adjacent to an activating group) is 1. The van der Waals surface area contributed by atoms with Crippen LogP contribution < -0.4 is 9.47 Å². The Bertz CT molecular complexity index is 738. The summed E-state index contributed by atoms with van der Waals surface area (Å²) in [5.41, 5.74) is 1.19. The number of ether oxygens (including phenoxy) is 2. The highest BCUT2D eigenvalue weighted by atomic mass is 16.5. The van der Waals surface area contributed by atoms with Gasteiger partial charge in [-0.3, -0.25) is 9.59 Å². The standard InChI is InChI=1S/C17H20N2O5/c1-11-7-14(18-24-11)9-19(3)17(21)10-23-15-6-5-13(12(2)20)8-16(15)22-4/h5-8H,9-10H2,1-4H3. The van der Waals surface area contributed by atoms with Gasteiger partial charge in [-0.05, 0) is 32.0 Å². The molecule has 1 amide bonds. The summed E-state index contributed by atoms with van der Waals surface area (Å²) in [6.45, 7) is 3.45. The maximum absolute atomic E-state index is 12.1.